The number of amides is 1. The summed E-state index contributed by atoms with van der Waals surface area (Å²) in [6, 6.07) is 7.68. The van der Waals surface area contributed by atoms with Crippen molar-refractivity contribution in [2.75, 3.05) is 5.32 Å². The summed E-state index contributed by atoms with van der Waals surface area (Å²) in [5, 5.41) is 12.9. The third-order valence-corrected chi connectivity index (χ3v) is 3.62. The van der Waals surface area contributed by atoms with Gasteiger partial charge in [-0.15, -0.1) is 0 Å². The number of aryl methyl sites for hydroxylation is 3. The predicted octanol–water partition coefficient (Wildman–Crippen LogP) is 2.96. The van der Waals surface area contributed by atoms with Gasteiger partial charge in [-0.1, -0.05) is 6.07 Å². The number of carbonyl (C=O) groups is 1. The molecule has 1 aromatic heterocycles. The van der Waals surface area contributed by atoms with Crippen LogP contribution in [0.5, 0.6) is 5.75 Å². The third-order valence-electron chi connectivity index (χ3n) is 3.62. The summed E-state index contributed by atoms with van der Waals surface area (Å²) in [7, 11) is 0. The number of fused-ring (bicyclic) bond motifs is 1. The molecule has 0 saturated carbocycles. The van der Waals surface area contributed by atoms with Gasteiger partial charge in [0.15, 0.2) is 0 Å². The van der Waals surface area contributed by atoms with E-state index in [0.29, 0.717) is 18.5 Å². The Morgan fingerprint density at radius 1 is 1.20 bits per heavy atom. The number of aromatic nitrogens is 1. The number of phenols is 1. The van der Waals surface area contributed by atoms with Crippen molar-refractivity contribution in [1.82, 2.24) is 4.98 Å². The first-order chi connectivity index (χ1) is 9.54. The zero-order valence-electron chi connectivity index (χ0n) is 11.5. The van der Waals surface area contributed by atoms with E-state index >= 15 is 0 Å². The molecule has 0 fully saturated rings. The van der Waals surface area contributed by atoms with Gasteiger partial charge in [0.05, 0.1) is 5.69 Å². The van der Waals surface area contributed by atoms with Crippen LogP contribution in [0.25, 0.3) is 11.1 Å². The molecule has 4 heteroatoms. The van der Waals surface area contributed by atoms with Crippen LogP contribution < -0.4 is 5.32 Å². The first-order valence-electron chi connectivity index (χ1n) is 6.65. The van der Waals surface area contributed by atoms with E-state index in [9.17, 15) is 9.90 Å². The van der Waals surface area contributed by atoms with Crippen LogP contribution in [-0.4, -0.2) is 16.0 Å². The summed E-state index contributed by atoms with van der Waals surface area (Å²) in [5.74, 6) is 0.0688. The Bertz CT molecular complexity index is 708. The van der Waals surface area contributed by atoms with Crippen LogP contribution in [0.1, 0.15) is 23.4 Å². The molecule has 2 aromatic rings. The number of aromatic hydroxyl groups is 1. The van der Waals surface area contributed by atoms with Gasteiger partial charge >= 0.3 is 0 Å². The summed E-state index contributed by atoms with van der Waals surface area (Å²) < 4.78 is 0. The average molecular weight is 268 g/mol. The van der Waals surface area contributed by atoms with Crippen molar-refractivity contribution in [2.24, 2.45) is 0 Å². The van der Waals surface area contributed by atoms with Crippen LogP contribution >= 0.6 is 0 Å². The minimum absolute atomic E-state index is 0.0475. The fraction of sp³-hybridized carbons (Fsp3) is 0.250. The molecular weight excluding hydrogens is 252 g/mol. The molecule has 1 aromatic carbocycles. The number of phenolic OH excluding ortho intramolecular Hbond substituents is 1. The molecule has 20 heavy (non-hydrogen) atoms. The molecule has 0 saturated heterocycles. The maximum atomic E-state index is 11.4. The number of carbonyl (C=O) groups excluding carboxylic acids is 1. The normalized spacial score (nSPS) is 13.8. The molecule has 1 aliphatic heterocycles. The molecule has 2 N–H and O–H groups in total. The van der Waals surface area contributed by atoms with Crippen LogP contribution in [0, 0.1) is 13.8 Å². The monoisotopic (exact) mass is 268 g/mol. The van der Waals surface area contributed by atoms with E-state index in [0.717, 1.165) is 28.1 Å². The highest BCUT2D eigenvalue weighted by Crippen LogP contribution is 2.37. The zero-order chi connectivity index (χ0) is 14.3. The number of hydrogen-bond donors (Lipinski definition) is 2. The van der Waals surface area contributed by atoms with Gasteiger partial charge in [-0.05, 0) is 49.6 Å². The Morgan fingerprint density at radius 3 is 2.75 bits per heavy atom. The largest absolute Gasteiger partial charge is 0.506 e. The number of nitrogens with zero attached hydrogens (tertiary/aromatic N) is 1. The van der Waals surface area contributed by atoms with Crippen LogP contribution in [0.15, 0.2) is 24.3 Å². The molecule has 0 aliphatic carbocycles. The van der Waals surface area contributed by atoms with Crippen molar-refractivity contribution >= 4 is 11.6 Å². The number of nitrogens with one attached hydrogen (secondary N) is 1. The Hall–Kier alpha value is -2.36. The standard InChI is InChI=1S/C16H16N2O2/c1-9-3-5-13(10(2)17-9)12-7-11-4-6-15(20)18-16(11)14(19)8-12/h3,5,7-8,19H,4,6H2,1-2H3,(H,18,20). The number of benzene rings is 1. The van der Waals surface area contributed by atoms with Gasteiger partial charge < -0.3 is 10.4 Å². The minimum atomic E-state index is -0.0475. The quantitative estimate of drug-likeness (QED) is 0.782. The highest BCUT2D eigenvalue weighted by Gasteiger charge is 2.19. The number of anilines is 1. The molecule has 0 spiro atoms. The second-order valence-electron chi connectivity index (χ2n) is 5.16. The topological polar surface area (TPSA) is 62.2 Å². The van der Waals surface area contributed by atoms with Crippen molar-refractivity contribution < 1.29 is 9.90 Å². The van der Waals surface area contributed by atoms with Gasteiger partial charge in [0.1, 0.15) is 5.75 Å². The van der Waals surface area contributed by atoms with Crippen molar-refractivity contribution in [3.8, 4) is 16.9 Å². The lowest BCUT2D eigenvalue weighted by molar-refractivity contribution is -0.116. The van der Waals surface area contributed by atoms with Crippen molar-refractivity contribution in [2.45, 2.75) is 26.7 Å². The van der Waals surface area contributed by atoms with Gasteiger partial charge in [0.2, 0.25) is 5.91 Å². The second kappa shape index (κ2) is 4.63. The van der Waals surface area contributed by atoms with E-state index in [2.05, 4.69) is 10.3 Å². The first-order valence-corrected chi connectivity index (χ1v) is 6.65. The van der Waals surface area contributed by atoms with E-state index in [4.69, 9.17) is 0 Å². The number of rotatable bonds is 1. The van der Waals surface area contributed by atoms with Crippen LogP contribution in [0.4, 0.5) is 5.69 Å². The Labute approximate surface area is 117 Å². The third kappa shape index (κ3) is 2.13. The zero-order valence-corrected chi connectivity index (χ0v) is 11.5. The fourth-order valence-corrected chi connectivity index (χ4v) is 2.62. The van der Waals surface area contributed by atoms with Crippen molar-refractivity contribution in [3.63, 3.8) is 0 Å². The lowest BCUT2D eigenvalue weighted by Crippen LogP contribution is -2.19. The number of hydrogen-bond acceptors (Lipinski definition) is 3. The lowest BCUT2D eigenvalue weighted by atomic mass is 9.95. The Balaban J connectivity index is 2.12. The minimum Gasteiger partial charge on any atom is -0.506 e. The van der Waals surface area contributed by atoms with Gasteiger partial charge in [-0.25, -0.2) is 0 Å². The van der Waals surface area contributed by atoms with Gasteiger partial charge in [-0.3, -0.25) is 9.78 Å². The van der Waals surface area contributed by atoms with E-state index in [1.807, 2.05) is 32.0 Å². The average Bonchev–Trinajstić information content (AvgIpc) is 2.39. The molecule has 3 rings (SSSR count). The fourth-order valence-electron chi connectivity index (χ4n) is 2.62. The van der Waals surface area contributed by atoms with Gasteiger partial charge in [0, 0.05) is 23.4 Å². The Morgan fingerprint density at radius 2 is 2.00 bits per heavy atom. The molecule has 102 valence electrons. The smallest absolute Gasteiger partial charge is 0.224 e. The van der Waals surface area contributed by atoms with Gasteiger partial charge in [-0.2, -0.15) is 0 Å². The van der Waals surface area contributed by atoms with Crippen LogP contribution in [0.2, 0.25) is 0 Å². The lowest BCUT2D eigenvalue weighted by Gasteiger charge is -2.19. The summed E-state index contributed by atoms with van der Waals surface area (Å²) in [6.07, 6.45) is 1.11. The summed E-state index contributed by atoms with van der Waals surface area (Å²) in [4.78, 5) is 15.8. The molecule has 1 amide bonds. The molecular formula is C16H16N2O2. The molecule has 0 unspecified atom stereocenters. The first kappa shape index (κ1) is 12.7. The number of pyridine rings is 1. The van der Waals surface area contributed by atoms with Gasteiger partial charge in [0.25, 0.3) is 0 Å². The summed E-state index contributed by atoms with van der Waals surface area (Å²) >= 11 is 0. The van der Waals surface area contributed by atoms with E-state index < -0.39 is 0 Å². The molecule has 0 atom stereocenters. The van der Waals surface area contributed by atoms with E-state index in [1.165, 1.54) is 0 Å². The SMILES string of the molecule is Cc1ccc(-c2cc(O)c3c(c2)CCC(=O)N3)c(C)n1. The predicted molar refractivity (Wildman–Crippen MR) is 77.8 cm³/mol. The van der Waals surface area contributed by atoms with E-state index in [-0.39, 0.29) is 11.7 Å². The summed E-state index contributed by atoms with van der Waals surface area (Å²) in [6.45, 7) is 3.91. The molecule has 2 heterocycles. The maximum absolute atomic E-state index is 11.4. The summed E-state index contributed by atoms with van der Waals surface area (Å²) in [5.41, 5.74) is 5.36. The van der Waals surface area contributed by atoms with Crippen LogP contribution in [-0.2, 0) is 11.2 Å². The highest BCUT2D eigenvalue weighted by molar-refractivity contribution is 5.96. The molecule has 4 nitrogen and oxygen atoms in total. The van der Waals surface area contributed by atoms with Crippen molar-refractivity contribution in [1.29, 1.82) is 0 Å². The maximum Gasteiger partial charge on any atom is 0.224 e. The Kier molecular flexibility index (Phi) is 2.93. The molecule has 0 radical (unpaired) electrons. The second-order valence-corrected chi connectivity index (χ2v) is 5.16. The molecule has 1 aliphatic rings. The van der Waals surface area contributed by atoms with Crippen LogP contribution in [0.3, 0.4) is 0 Å². The highest BCUT2D eigenvalue weighted by atomic mass is 16.3. The molecule has 0 bridgehead atoms. The van der Waals surface area contributed by atoms with E-state index in [1.54, 1.807) is 6.07 Å². The van der Waals surface area contributed by atoms with Crippen molar-refractivity contribution in [3.05, 3.63) is 41.2 Å².